The highest BCUT2D eigenvalue weighted by molar-refractivity contribution is 7.99. The van der Waals surface area contributed by atoms with Gasteiger partial charge in [0.1, 0.15) is 4.90 Å². The first-order valence-electron chi connectivity index (χ1n) is 5.73. The zero-order valence-electron chi connectivity index (χ0n) is 10.2. The van der Waals surface area contributed by atoms with Crippen LogP contribution in [0.15, 0.2) is 17.3 Å². The van der Waals surface area contributed by atoms with E-state index >= 15 is 0 Å². The molecule has 1 fully saturated rings. The van der Waals surface area contributed by atoms with Gasteiger partial charge in [0.05, 0.1) is 12.8 Å². The number of aromatic amines is 1. The SMILES string of the molecule is COCCN(C1CCSC1)S(=O)(=O)c1cn[nH]c1. The van der Waals surface area contributed by atoms with E-state index in [9.17, 15) is 8.42 Å². The molecular weight excluding hydrogens is 274 g/mol. The Kier molecular flexibility index (Phi) is 4.66. The lowest BCUT2D eigenvalue weighted by atomic mass is 10.3. The van der Waals surface area contributed by atoms with Crippen molar-refractivity contribution in [3.63, 3.8) is 0 Å². The third-order valence-corrected chi connectivity index (χ3v) is 5.97. The Balaban J connectivity index is 2.22. The van der Waals surface area contributed by atoms with Gasteiger partial charge in [-0.2, -0.15) is 21.2 Å². The molecule has 0 radical (unpaired) electrons. The third-order valence-electron chi connectivity index (χ3n) is 2.91. The van der Waals surface area contributed by atoms with E-state index in [1.807, 2.05) is 0 Å². The smallest absolute Gasteiger partial charge is 0.246 e. The van der Waals surface area contributed by atoms with Gasteiger partial charge in [-0.3, -0.25) is 5.10 Å². The van der Waals surface area contributed by atoms with Crippen LogP contribution >= 0.6 is 11.8 Å². The Morgan fingerprint density at radius 3 is 3.06 bits per heavy atom. The van der Waals surface area contributed by atoms with Crippen LogP contribution in [0.2, 0.25) is 0 Å². The minimum atomic E-state index is -3.47. The average Bonchev–Trinajstić information content (AvgIpc) is 3.02. The maximum Gasteiger partial charge on any atom is 0.246 e. The fraction of sp³-hybridized carbons (Fsp3) is 0.700. The van der Waals surface area contributed by atoms with Crippen LogP contribution in [0.25, 0.3) is 0 Å². The number of hydrogen-bond acceptors (Lipinski definition) is 5. The van der Waals surface area contributed by atoms with Crippen molar-refractivity contribution in [3.8, 4) is 0 Å². The molecular formula is C10H17N3O3S2. The number of H-pyrrole nitrogens is 1. The summed E-state index contributed by atoms with van der Waals surface area (Å²) in [6.07, 6.45) is 3.65. The fourth-order valence-corrected chi connectivity index (χ4v) is 4.81. The highest BCUT2D eigenvalue weighted by atomic mass is 32.2. The Morgan fingerprint density at radius 2 is 2.50 bits per heavy atom. The molecule has 6 nitrogen and oxygen atoms in total. The molecule has 8 heteroatoms. The van der Waals surface area contributed by atoms with Crippen LogP contribution in [-0.2, 0) is 14.8 Å². The van der Waals surface area contributed by atoms with Crippen molar-refractivity contribution >= 4 is 21.8 Å². The van der Waals surface area contributed by atoms with Gasteiger partial charge < -0.3 is 4.74 Å². The Labute approximate surface area is 111 Å². The number of aromatic nitrogens is 2. The van der Waals surface area contributed by atoms with Crippen LogP contribution in [0.1, 0.15) is 6.42 Å². The summed E-state index contributed by atoms with van der Waals surface area (Å²) in [4.78, 5) is 0.218. The molecule has 1 saturated heterocycles. The molecule has 0 spiro atoms. The fourth-order valence-electron chi connectivity index (χ4n) is 1.94. The number of nitrogens with zero attached hydrogens (tertiary/aromatic N) is 2. The summed E-state index contributed by atoms with van der Waals surface area (Å²) in [6, 6.07) is 0.0602. The predicted molar refractivity (Wildman–Crippen MR) is 70.1 cm³/mol. The summed E-state index contributed by atoms with van der Waals surface area (Å²) in [7, 11) is -1.89. The van der Waals surface area contributed by atoms with E-state index in [1.54, 1.807) is 23.2 Å². The Bertz CT molecular complexity index is 455. The second kappa shape index (κ2) is 6.05. The quantitative estimate of drug-likeness (QED) is 0.828. The van der Waals surface area contributed by atoms with E-state index in [-0.39, 0.29) is 10.9 Å². The first-order chi connectivity index (χ1) is 8.66. The van der Waals surface area contributed by atoms with Gasteiger partial charge >= 0.3 is 0 Å². The van der Waals surface area contributed by atoms with Gasteiger partial charge in [0.25, 0.3) is 0 Å². The molecule has 1 N–H and O–H groups in total. The minimum absolute atomic E-state index is 0.0602. The minimum Gasteiger partial charge on any atom is -0.383 e. The normalized spacial score (nSPS) is 20.7. The predicted octanol–water partition coefficient (Wildman–Crippen LogP) is 0.552. The van der Waals surface area contributed by atoms with Gasteiger partial charge in [-0.25, -0.2) is 8.42 Å². The lowest BCUT2D eigenvalue weighted by Crippen LogP contribution is -2.42. The average molecular weight is 291 g/mol. The molecule has 1 atom stereocenters. The van der Waals surface area contributed by atoms with Crippen molar-refractivity contribution in [3.05, 3.63) is 12.4 Å². The first kappa shape index (κ1) is 13.9. The molecule has 102 valence electrons. The Hall–Kier alpha value is -0.570. The standard InChI is InChI=1S/C10H17N3O3S2/c1-16-4-3-13(9-2-5-17-8-9)18(14,15)10-6-11-12-7-10/h6-7,9H,2-5,8H2,1H3,(H,11,12). The van der Waals surface area contributed by atoms with E-state index in [0.717, 1.165) is 17.9 Å². The van der Waals surface area contributed by atoms with Crippen molar-refractivity contribution < 1.29 is 13.2 Å². The first-order valence-corrected chi connectivity index (χ1v) is 8.33. The maximum atomic E-state index is 12.5. The summed E-state index contributed by atoms with van der Waals surface area (Å²) in [5, 5.41) is 6.26. The summed E-state index contributed by atoms with van der Waals surface area (Å²) < 4.78 is 31.5. The molecule has 1 unspecified atom stereocenters. The molecule has 0 aromatic carbocycles. The van der Waals surface area contributed by atoms with Crippen LogP contribution in [0.5, 0.6) is 0 Å². The Morgan fingerprint density at radius 1 is 1.67 bits per heavy atom. The van der Waals surface area contributed by atoms with E-state index in [1.165, 1.54) is 12.4 Å². The summed E-state index contributed by atoms with van der Waals surface area (Å²) in [5.41, 5.74) is 0. The maximum absolute atomic E-state index is 12.5. The van der Waals surface area contributed by atoms with Crippen molar-refractivity contribution in [2.45, 2.75) is 17.4 Å². The number of hydrogen-bond donors (Lipinski definition) is 1. The van der Waals surface area contributed by atoms with Crippen LogP contribution in [0.4, 0.5) is 0 Å². The van der Waals surface area contributed by atoms with Crippen molar-refractivity contribution in [1.29, 1.82) is 0 Å². The zero-order valence-corrected chi connectivity index (χ0v) is 11.8. The molecule has 0 bridgehead atoms. The van der Waals surface area contributed by atoms with Gasteiger partial charge in [0.15, 0.2) is 0 Å². The number of thioether (sulfide) groups is 1. The monoisotopic (exact) mass is 291 g/mol. The number of rotatable bonds is 6. The highest BCUT2D eigenvalue weighted by Gasteiger charge is 2.33. The summed E-state index contributed by atoms with van der Waals surface area (Å²) in [5.74, 6) is 1.86. The molecule has 2 rings (SSSR count). The zero-order chi connectivity index (χ0) is 13.0. The molecule has 1 aromatic rings. The molecule has 1 aliphatic rings. The van der Waals surface area contributed by atoms with E-state index in [0.29, 0.717) is 13.2 Å². The number of ether oxygens (including phenoxy) is 1. The number of sulfonamides is 1. The number of methoxy groups -OCH3 is 1. The highest BCUT2D eigenvalue weighted by Crippen LogP contribution is 2.26. The van der Waals surface area contributed by atoms with Crippen LogP contribution < -0.4 is 0 Å². The van der Waals surface area contributed by atoms with Gasteiger partial charge in [0.2, 0.25) is 10.0 Å². The molecule has 0 amide bonds. The molecule has 0 saturated carbocycles. The van der Waals surface area contributed by atoms with Crippen molar-refractivity contribution in [2.24, 2.45) is 0 Å². The summed E-state index contributed by atoms with van der Waals surface area (Å²) >= 11 is 1.79. The number of nitrogens with one attached hydrogen (secondary N) is 1. The van der Waals surface area contributed by atoms with E-state index in [4.69, 9.17) is 4.74 Å². The summed E-state index contributed by atoms with van der Waals surface area (Å²) in [6.45, 7) is 0.785. The molecule has 2 heterocycles. The largest absolute Gasteiger partial charge is 0.383 e. The van der Waals surface area contributed by atoms with Crippen LogP contribution in [0.3, 0.4) is 0 Å². The van der Waals surface area contributed by atoms with E-state index in [2.05, 4.69) is 10.2 Å². The van der Waals surface area contributed by atoms with Gasteiger partial charge in [-0.05, 0) is 12.2 Å². The molecule has 18 heavy (non-hydrogen) atoms. The lowest BCUT2D eigenvalue weighted by Gasteiger charge is -2.26. The van der Waals surface area contributed by atoms with Crippen LogP contribution in [0, 0.1) is 0 Å². The van der Waals surface area contributed by atoms with Gasteiger partial charge in [0, 0.05) is 31.6 Å². The molecule has 1 aromatic heterocycles. The van der Waals surface area contributed by atoms with E-state index < -0.39 is 10.0 Å². The van der Waals surface area contributed by atoms with Gasteiger partial charge in [-0.15, -0.1) is 0 Å². The molecule has 1 aliphatic heterocycles. The third kappa shape index (κ3) is 2.87. The van der Waals surface area contributed by atoms with Crippen LogP contribution in [-0.4, -0.2) is 60.7 Å². The second-order valence-corrected chi connectivity index (χ2v) is 7.10. The topological polar surface area (TPSA) is 75.3 Å². The van der Waals surface area contributed by atoms with Crippen molar-refractivity contribution in [1.82, 2.24) is 14.5 Å². The second-order valence-electron chi connectivity index (χ2n) is 4.06. The molecule has 0 aliphatic carbocycles. The van der Waals surface area contributed by atoms with Crippen molar-refractivity contribution in [2.75, 3.05) is 31.8 Å². The lowest BCUT2D eigenvalue weighted by molar-refractivity contribution is 0.169. The van der Waals surface area contributed by atoms with Gasteiger partial charge in [-0.1, -0.05) is 0 Å².